The molecular weight excluding hydrogens is 236 g/mol. The molecule has 3 nitrogen and oxygen atoms in total. The Balaban J connectivity index is 1.79. The van der Waals surface area contributed by atoms with E-state index in [0.717, 1.165) is 32.2 Å². The van der Waals surface area contributed by atoms with Gasteiger partial charge in [-0.2, -0.15) is 0 Å². The number of aryl methyl sites for hydroxylation is 1. The van der Waals surface area contributed by atoms with Crippen LogP contribution in [0.5, 0.6) is 0 Å². The van der Waals surface area contributed by atoms with Gasteiger partial charge in [0.25, 0.3) is 0 Å². The Kier molecular flexibility index (Phi) is 4.26. The number of rotatable bonds is 4. The highest BCUT2D eigenvalue weighted by Crippen LogP contribution is 2.39. The van der Waals surface area contributed by atoms with Crippen molar-refractivity contribution in [2.75, 3.05) is 6.54 Å². The van der Waals surface area contributed by atoms with Crippen molar-refractivity contribution in [3.8, 4) is 0 Å². The molecule has 0 saturated heterocycles. The van der Waals surface area contributed by atoms with Crippen LogP contribution in [-0.4, -0.2) is 22.2 Å². The molecule has 1 saturated carbocycles. The fraction of sp³-hybridized carbons (Fsp3) is 0.688. The Morgan fingerprint density at radius 1 is 1.21 bits per heavy atom. The summed E-state index contributed by atoms with van der Waals surface area (Å²) in [4.78, 5) is 4.18. The van der Waals surface area contributed by atoms with Crippen molar-refractivity contribution in [1.29, 1.82) is 0 Å². The maximum atomic E-state index is 10.6. The van der Waals surface area contributed by atoms with Crippen LogP contribution in [0.4, 0.5) is 0 Å². The van der Waals surface area contributed by atoms with E-state index in [1.807, 2.05) is 19.3 Å². The highest BCUT2D eigenvalue weighted by Gasteiger charge is 2.36. The van der Waals surface area contributed by atoms with Gasteiger partial charge >= 0.3 is 0 Å². The van der Waals surface area contributed by atoms with Crippen molar-refractivity contribution in [1.82, 2.24) is 10.3 Å². The summed E-state index contributed by atoms with van der Waals surface area (Å²) in [5.41, 5.74) is 2.23. The van der Waals surface area contributed by atoms with E-state index >= 15 is 0 Å². The molecule has 0 atom stereocenters. The Bertz CT molecular complexity index is 419. The molecule has 1 aliphatic carbocycles. The van der Waals surface area contributed by atoms with Gasteiger partial charge in [0.2, 0.25) is 0 Å². The fourth-order valence-electron chi connectivity index (χ4n) is 2.72. The van der Waals surface area contributed by atoms with Crippen molar-refractivity contribution < 1.29 is 5.11 Å². The monoisotopic (exact) mass is 262 g/mol. The van der Waals surface area contributed by atoms with Gasteiger partial charge in [-0.15, -0.1) is 0 Å². The topological polar surface area (TPSA) is 45.2 Å². The average Bonchev–Trinajstić information content (AvgIpc) is 2.34. The number of hydrogen-bond donors (Lipinski definition) is 2. The highest BCUT2D eigenvalue weighted by molar-refractivity contribution is 5.16. The van der Waals surface area contributed by atoms with Crippen LogP contribution in [0.3, 0.4) is 0 Å². The smallest absolute Gasteiger partial charge is 0.0772 e. The largest absolute Gasteiger partial charge is 0.389 e. The van der Waals surface area contributed by atoms with E-state index in [-0.39, 0.29) is 0 Å². The van der Waals surface area contributed by atoms with Gasteiger partial charge in [0.05, 0.1) is 5.60 Å². The van der Waals surface area contributed by atoms with Crippen LogP contribution in [0, 0.1) is 12.3 Å². The molecule has 1 fully saturated rings. The van der Waals surface area contributed by atoms with Gasteiger partial charge in [-0.05, 0) is 49.1 Å². The highest BCUT2D eigenvalue weighted by atomic mass is 16.3. The zero-order valence-electron chi connectivity index (χ0n) is 12.4. The first kappa shape index (κ1) is 14.5. The molecule has 106 valence electrons. The normalized spacial score (nSPS) is 21.3. The molecule has 19 heavy (non-hydrogen) atoms. The van der Waals surface area contributed by atoms with Crippen LogP contribution in [-0.2, 0) is 6.54 Å². The van der Waals surface area contributed by atoms with Crippen LogP contribution >= 0.6 is 0 Å². The lowest BCUT2D eigenvalue weighted by Gasteiger charge is -2.40. The maximum Gasteiger partial charge on any atom is 0.0772 e. The molecule has 1 aromatic rings. The van der Waals surface area contributed by atoms with E-state index in [4.69, 9.17) is 0 Å². The molecule has 0 radical (unpaired) electrons. The standard InChI is InChI=1S/C16H26N2O/c1-13-8-14(10-17-9-13)11-18-12-16(19)6-4-15(2,3)5-7-16/h8-10,18-19H,4-7,11-12H2,1-3H3. The lowest BCUT2D eigenvalue weighted by Crippen LogP contribution is -2.44. The third-order valence-corrected chi connectivity index (χ3v) is 4.25. The number of aromatic nitrogens is 1. The van der Waals surface area contributed by atoms with E-state index < -0.39 is 5.60 Å². The van der Waals surface area contributed by atoms with E-state index in [1.165, 1.54) is 11.1 Å². The molecule has 1 heterocycles. The zero-order valence-corrected chi connectivity index (χ0v) is 12.4. The average molecular weight is 262 g/mol. The molecule has 3 heteroatoms. The van der Waals surface area contributed by atoms with Gasteiger partial charge in [0.1, 0.15) is 0 Å². The minimum Gasteiger partial charge on any atom is -0.389 e. The molecule has 1 aliphatic rings. The van der Waals surface area contributed by atoms with Crippen molar-refractivity contribution in [2.24, 2.45) is 5.41 Å². The minimum absolute atomic E-state index is 0.396. The van der Waals surface area contributed by atoms with Crippen molar-refractivity contribution >= 4 is 0 Å². The molecule has 0 aromatic carbocycles. The second-order valence-electron chi connectivity index (χ2n) is 6.86. The number of pyridine rings is 1. The number of nitrogens with zero attached hydrogens (tertiary/aromatic N) is 1. The third-order valence-electron chi connectivity index (χ3n) is 4.25. The lowest BCUT2D eigenvalue weighted by atomic mass is 9.71. The summed E-state index contributed by atoms with van der Waals surface area (Å²) >= 11 is 0. The Hall–Kier alpha value is -0.930. The van der Waals surface area contributed by atoms with Crippen molar-refractivity contribution in [3.05, 3.63) is 29.6 Å². The first-order valence-corrected chi connectivity index (χ1v) is 7.22. The van der Waals surface area contributed by atoms with Gasteiger partial charge in [0.15, 0.2) is 0 Å². The zero-order chi connectivity index (χ0) is 13.9. The summed E-state index contributed by atoms with van der Waals surface area (Å²) in [6.07, 6.45) is 7.76. The number of aliphatic hydroxyl groups is 1. The quantitative estimate of drug-likeness (QED) is 0.877. The third kappa shape index (κ3) is 4.29. The van der Waals surface area contributed by atoms with Gasteiger partial charge in [0, 0.05) is 25.5 Å². The second kappa shape index (κ2) is 5.59. The predicted octanol–water partition coefficient (Wildman–Crippen LogP) is 2.81. The van der Waals surface area contributed by atoms with Crippen LogP contribution < -0.4 is 5.32 Å². The summed E-state index contributed by atoms with van der Waals surface area (Å²) < 4.78 is 0. The summed E-state index contributed by atoms with van der Waals surface area (Å²) in [7, 11) is 0. The fourth-order valence-corrected chi connectivity index (χ4v) is 2.72. The van der Waals surface area contributed by atoms with Gasteiger partial charge in [-0.1, -0.05) is 19.9 Å². The van der Waals surface area contributed by atoms with E-state index in [2.05, 4.69) is 30.2 Å². The molecule has 2 rings (SSSR count). The van der Waals surface area contributed by atoms with Crippen LogP contribution in [0.1, 0.15) is 50.7 Å². The molecule has 2 N–H and O–H groups in total. The summed E-state index contributed by atoms with van der Waals surface area (Å²) in [6, 6.07) is 2.13. The molecular formula is C16H26N2O. The minimum atomic E-state index is -0.521. The summed E-state index contributed by atoms with van der Waals surface area (Å²) in [5, 5.41) is 13.9. The molecule has 0 amide bonds. The van der Waals surface area contributed by atoms with Crippen molar-refractivity contribution in [2.45, 2.75) is 58.6 Å². The number of hydrogen-bond acceptors (Lipinski definition) is 3. The lowest BCUT2D eigenvalue weighted by molar-refractivity contribution is -0.0245. The van der Waals surface area contributed by atoms with Gasteiger partial charge < -0.3 is 10.4 Å². The molecule has 0 bridgehead atoms. The Morgan fingerprint density at radius 3 is 2.53 bits per heavy atom. The first-order valence-electron chi connectivity index (χ1n) is 7.22. The van der Waals surface area contributed by atoms with Gasteiger partial charge in [-0.25, -0.2) is 0 Å². The Labute approximate surface area is 116 Å². The van der Waals surface area contributed by atoms with Crippen molar-refractivity contribution in [3.63, 3.8) is 0 Å². The van der Waals surface area contributed by atoms with E-state index in [9.17, 15) is 5.11 Å². The molecule has 0 spiro atoms. The maximum absolute atomic E-state index is 10.6. The van der Waals surface area contributed by atoms with Gasteiger partial charge in [-0.3, -0.25) is 4.98 Å². The van der Waals surface area contributed by atoms with E-state index in [0.29, 0.717) is 12.0 Å². The van der Waals surface area contributed by atoms with Crippen LogP contribution in [0.15, 0.2) is 18.5 Å². The number of nitrogens with one attached hydrogen (secondary N) is 1. The first-order chi connectivity index (χ1) is 8.89. The second-order valence-corrected chi connectivity index (χ2v) is 6.86. The van der Waals surface area contributed by atoms with E-state index in [1.54, 1.807) is 0 Å². The predicted molar refractivity (Wildman–Crippen MR) is 77.9 cm³/mol. The molecule has 0 aliphatic heterocycles. The molecule has 1 aromatic heterocycles. The Morgan fingerprint density at radius 2 is 1.89 bits per heavy atom. The summed E-state index contributed by atoms with van der Waals surface area (Å²) in [5.74, 6) is 0. The SMILES string of the molecule is Cc1cncc(CNCC2(O)CCC(C)(C)CC2)c1. The van der Waals surface area contributed by atoms with Crippen LogP contribution in [0.25, 0.3) is 0 Å². The summed E-state index contributed by atoms with van der Waals surface area (Å²) in [6.45, 7) is 8.08. The van der Waals surface area contributed by atoms with Crippen LogP contribution in [0.2, 0.25) is 0 Å². The molecule has 0 unspecified atom stereocenters.